The molecule has 1 aliphatic rings. The van der Waals surface area contributed by atoms with Crippen LogP contribution in [0.15, 0.2) is 34.9 Å². The molecule has 3 atom stereocenters. The van der Waals surface area contributed by atoms with Gasteiger partial charge in [0.15, 0.2) is 0 Å². The van der Waals surface area contributed by atoms with Gasteiger partial charge in [-0.25, -0.2) is 0 Å². The lowest BCUT2D eigenvalue weighted by molar-refractivity contribution is -0.0652. The number of hydrogen-bond donors (Lipinski definition) is 1. The van der Waals surface area contributed by atoms with Gasteiger partial charge in [-0.05, 0) is 19.9 Å². The van der Waals surface area contributed by atoms with E-state index in [1.807, 2.05) is 24.5 Å². The number of nitrogens with zero attached hydrogens (tertiary/aromatic N) is 1. The summed E-state index contributed by atoms with van der Waals surface area (Å²) in [6.07, 6.45) is 2.10. The highest BCUT2D eigenvalue weighted by Crippen LogP contribution is 2.32. The Morgan fingerprint density at radius 2 is 2.15 bits per heavy atom. The molecule has 4 heteroatoms. The lowest BCUT2D eigenvalue weighted by Crippen LogP contribution is -2.50. The molecule has 20 heavy (non-hydrogen) atoms. The van der Waals surface area contributed by atoms with Crippen molar-refractivity contribution in [3.63, 3.8) is 0 Å². The summed E-state index contributed by atoms with van der Waals surface area (Å²) in [5, 5.41) is 1.16. The minimum atomic E-state index is 0.181. The van der Waals surface area contributed by atoms with Crippen molar-refractivity contribution < 1.29 is 9.15 Å². The van der Waals surface area contributed by atoms with Crippen molar-refractivity contribution in [3.8, 4) is 0 Å². The third-order valence-electron chi connectivity index (χ3n) is 4.15. The molecule has 0 saturated carbocycles. The summed E-state index contributed by atoms with van der Waals surface area (Å²) in [6.45, 7) is 6.55. The zero-order chi connectivity index (χ0) is 14.1. The Labute approximate surface area is 119 Å². The van der Waals surface area contributed by atoms with Crippen LogP contribution in [0.4, 0.5) is 0 Å². The van der Waals surface area contributed by atoms with E-state index >= 15 is 0 Å². The second-order valence-electron chi connectivity index (χ2n) is 5.63. The van der Waals surface area contributed by atoms with Gasteiger partial charge in [-0.2, -0.15) is 0 Å². The van der Waals surface area contributed by atoms with E-state index in [0.717, 1.165) is 24.1 Å². The fourth-order valence-electron chi connectivity index (χ4n) is 3.06. The second kappa shape index (κ2) is 5.56. The molecule has 3 unspecified atom stereocenters. The van der Waals surface area contributed by atoms with Gasteiger partial charge in [0.2, 0.25) is 0 Å². The van der Waals surface area contributed by atoms with Crippen LogP contribution in [-0.2, 0) is 4.74 Å². The van der Waals surface area contributed by atoms with Crippen molar-refractivity contribution in [2.75, 3.05) is 19.7 Å². The number of hydrogen-bond acceptors (Lipinski definition) is 4. The molecule has 0 aliphatic carbocycles. The van der Waals surface area contributed by atoms with Crippen LogP contribution in [0.2, 0.25) is 0 Å². The van der Waals surface area contributed by atoms with E-state index in [1.165, 1.54) is 5.56 Å². The zero-order valence-electron chi connectivity index (χ0n) is 12.1. The molecule has 1 aromatic heterocycles. The van der Waals surface area contributed by atoms with Crippen molar-refractivity contribution in [2.24, 2.45) is 5.73 Å². The average molecular weight is 274 g/mol. The molecule has 3 rings (SSSR count). The summed E-state index contributed by atoms with van der Waals surface area (Å²) in [7, 11) is 0. The van der Waals surface area contributed by atoms with E-state index in [9.17, 15) is 0 Å². The first kappa shape index (κ1) is 13.6. The molecule has 1 fully saturated rings. The standard InChI is InChI=1S/C16H22N2O2/c1-11-9-19-12(2)8-18(11)15(7-17)14-10-20-16-6-4-3-5-13(14)16/h3-6,10-12,15H,7-9,17H2,1-2H3. The third kappa shape index (κ3) is 2.35. The number of para-hydroxylation sites is 1. The number of fused-ring (bicyclic) bond motifs is 1. The molecule has 4 nitrogen and oxygen atoms in total. The fourth-order valence-corrected chi connectivity index (χ4v) is 3.06. The van der Waals surface area contributed by atoms with E-state index in [-0.39, 0.29) is 12.1 Å². The van der Waals surface area contributed by atoms with Crippen molar-refractivity contribution in [1.82, 2.24) is 4.90 Å². The molecule has 1 aromatic carbocycles. The molecule has 0 radical (unpaired) electrons. The summed E-state index contributed by atoms with van der Waals surface area (Å²) in [6, 6.07) is 8.68. The SMILES string of the molecule is CC1CN(C(CN)c2coc3ccccc23)C(C)CO1. The molecule has 2 N–H and O–H groups in total. The van der Waals surface area contributed by atoms with E-state index < -0.39 is 0 Å². The monoisotopic (exact) mass is 274 g/mol. The highest BCUT2D eigenvalue weighted by molar-refractivity contribution is 5.81. The number of nitrogens with two attached hydrogens (primary N) is 1. The minimum Gasteiger partial charge on any atom is -0.464 e. The number of furan rings is 1. The quantitative estimate of drug-likeness (QED) is 0.934. The molecule has 0 spiro atoms. The predicted octanol–water partition coefficient (Wildman–Crippen LogP) is 2.54. The van der Waals surface area contributed by atoms with Gasteiger partial charge in [-0.15, -0.1) is 0 Å². The maximum Gasteiger partial charge on any atom is 0.134 e. The van der Waals surface area contributed by atoms with Gasteiger partial charge in [0.25, 0.3) is 0 Å². The average Bonchev–Trinajstić information content (AvgIpc) is 2.88. The highest BCUT2D eigenvalue weighted by Gasteiger charge is 2.31. The molecular weight excluding hydrogens is 252 g/mol. The van der Waals surface area contributed by atoms with Crippen molar-refractivity contribution in [2.45, 2.75) is 32.0 Å². The van der Waals surface area contributed by atoms with Crippen molar-refractivity contribution in [1.29, 1.82) is 0 Å². The largest absolute Gasteiger partial charge is 0.464 e. The Morgan fingerprint density at radius 1 is 1.35 bits per heavy atom. The van der Waals surface area contributed by atoms with Gasteiger partial charge in [0, 0.05) is 30.1 Å². The van der Waals surface area contributed by atoms with Crippen LogP contribution >= 0.6 is 0 Å². The van der Waals surface area contributed by atoms with Gasteiger partial charge >= 0.3 is 0 Å². The lowest BCUT2D eigenvalue weighted by atomic mass is 10.0. The van der Waals surface area contributed by atoms with E-state index in [2.05, 4.69) is 24.8 Å². The van der Waals surface area contributed by atoms with Gasteiger partial charge in [-0.3, -0.25) is 4.90 Å². The molecule has 108 valence electrons. The lowest BCUT2D eigenvalue weighted by Gasteiger charge is -2.41. The van der Waals surface area contributed by atoms with E-state index in [0.29, 0.717) is 12.6 Å². The van der Waals surface area contributed by atoms with Gasteiger partial charge in [-0.1, -0.05) is 18.2 Å². The van der Waals surface area contributed by atoms with Crippen LogP contribution in [0.25, 0.3) is 11.0 Å². The van der Waals surface area contributed by atoms with Crippen LogP contribution in [0, 0.1) is 0 Å². The Bertz CT molecular complexity index is 581. The van der Waals surface area contributed by atoms with Gasteiger partial charge in [0.05, 0.1) is 25.0 Å². The van der Waals surface area contributed by atoms with Gasteiger partial charge < -0.3 is 14.9 Å². The summed E-state index contributed by atoms with van der Waals surface area (Å²) in [5.41, 5.74) is 8.18. The van der Waals surface area contributed by atoms with Crippen molar-refractivity contribution >= 4 is 11.0 Å². The number of ether oxygens (including phenoxy) is 1. The minimum absolute atomic E-state index is 0.181. The third-order valence-corrected chi connectivity index (χ3v) is 4.15. The first-order valence-electron chi connectivity index (χ1n) is 7.24. The normalized spacial score (nSPS) is 25.9. The highest BCUT2D eigenvalue weighted by atomic mass is 16.5. The van der Waals surface area contributed by atoms with Crippen LogP contribution in [0.1, 0.15) is 25.5 Å². The van der Waals surface area contributed by atoms with Crippen LogP contribution in [0.5, 0.6) is 0 Å². The molecular formula is C16H22N2O2. The number of benzene rings is 1. The number of morpholine rings is 1. The Hall–Kier alpha value is -1.36. The van der Waals surface area contributed by atoms with E-state index in [4.69, 9.17) is 14.9 Å². The maximum absolute atomic E-state index is 6.07. The second-order valence-corrected chi connectivity index (χ2v) is 5.63. The molecule has 2 aromatic rings. The molecule has 0 bridgehead atoms. The Balaban J connectivity index is 1.96. The Kier molecular flexibility index (Phi) is 3.78. The molecule has 1 saturated heterocycles. The Morgan fingerprint density at radius 3 is 2.95 bits per heavy atom. The fraction of sp³-hybridized carbons (Fsp3) is 0.500. The van der Waals surface area contributed by atoms with Crippen LogP contribution in [0.3, 0.4) is 0 Å². The molecule has 0 amide bonds. The van der Waals surface area contributed by atoms with Gasteiger partial charge in [0.1, 0.15) is 5.58 Å². The molecule has 2 heterocycles. The summed E-state index contributed by atoms with van der Waals surface area (Å²) in [4.78, 5) is 2.44. The summed E-state index contributed by atoms with van der Waals surface area (Å²) in [5.74, 6) is 0. The van der Waals surface area contributed by atoms with Crippen LogP contribution < -0.4 is 5.73 Å². The summed E-state index contributed by atoms with van der Waals surface area (Å²) >= 11 is 0. The maximum atomic E-state index is 6.07. The summed E-state index contributed by atoms with van der Waals surface area (Å²) < 4.78 is 11.4. The number of rotatable bonds is 3. The first-order valence-corrected chi connectivity index (χ1v) is 7.24. The van der Waals surface area contributed by atoms with Crippen LogP contribution in [-0.4, -0.2) is 36.7 Å². The molecule has 1 aliphatic heterocycles. The zero-order valence-corrected chi connectivity index (χ0v) is 12.1. The smallest absolute Gasteiger partial charge is 0.134 e. The predicted molar refractivity (Wildman–Crippen MR) is 79.6 cm³/mol. The topological polar surface area (TPSA) is 51.6 Å². The van der Waals surface area contributed by atoms with E-state index in [1.54, 1.807) is 0 Å². The van der Waals surface area contributed by atoms with Crippen molar-refractivity contribution in [3.05, 3.63) is 36.1 Å². The first-order chi connectivity index (χ1) is 9.70.